The quantitative estimate of drug-likeness (QED) is 0.444. The number of fused-ring (bicyclic) bond motifs is 1. The average molecular weight is 517 g/mol. The van der Waals surface area contributed by atoms with Crippen molar-refractivity contribution in [1.29, 1.82) is 0 Å². The molecule has 0 amide bonds. The molecule has 1 aliphatic carbocycles. The van der Waals surface area contributed by atoms with E-state index in [1.807, 2.05) is 31.3 Å². The van der Waals surface area contributed by atoms with Crippen LogP contribution in [0.4, 0.5) is 5.82 Å². The Kier molecular flexibility index (Phi) is 6.78. The molecule has 0 radical (unpaired) electrons. The molecule has 1 aromatic carbocycles. The van der Waals surface area contributed by atoms with Gasteiger partial charge >= 0.3 is 5.97 Å². The van der Waals surface area contributed by atoms with Crippen LogP contribution in [0.2, 0.25) is 0 Å². The summed E-state index contributed by atoms with van der Waals surface area (Å²) in [5.74, 6) is 3.35. The first-order valence-corrected chi connectivity index (χ1v) is 11.7. The Labute approximate surface area is 201 Å². The SMILES string of the molecule is COC(=O)C1(C)CCC(c2nc(Br)c3c(NCc4ccc(OC)cc4OC)nccn23)CC1. The highest BCUT2D eigenvalue weighted by atomic mass is 79.9. The fourth-order valence-corrected chi connectivity index (χ4v) is 5.14. The van der Waals surface area contributed by atoms with Crippen LogP contribution in [-0.2, 0) is 16.1 Å². The molecule has 0 atom stereocenters. The van der Waals surface area contributed by atoms with Crippen LogP contribution >= 0.6 is 15.9 Å². The summed E-state index contributed by atoms with van der Waals surface area (Å²) in [5.41, 5.74) is 1.47. The van der Waals surface area contributed by atoms with Gasteiger partial charge in [0.25, 0.3) is 0 Å². The summed E-state index contributed by atoms with van der Waals surface area (Å²) in [6, 6.07) is 5.75. The molecule has 176 valence electrons. The summed E-state index contributed by atoms with van der Waals surface area (Å²) < 4.78 is 18.7. The summed E-state index contributed by atoms with van der Waals surface area (Å²) in [5, 5.41) is 3.42. The number of imidazole rings is 1. The number of hydrogen-bond acceptors (Lipinski definition) is 7. The molecule has 1 aliphatic rings. The van der Waals surface area contributed by atoms with Crippen LogP contribution in [0.15, 0.2) is 35.2 Å². The number of anilines is 1. The van der Waals surface area contributed by atoms with Crippen molar-refractivity contribution in [3.8, 4) is 11.5 Å². The van der Waals surface area contributed by atoms with E-state index in [0.29, 0.717) is 6.54 Å². The average Bonchev–Trinajstić information content (AvgIpc) is 3.19. The van der Waals surface area contributed by atoms with Crippen molar-refractivity contribution in [1.82, 2.24) is 14.4 Å². The number of aromatic nitrogens is 3. The Morgan fingerprint density at radius 1 is 1.24 bits per heavy atom. The lowest BCUT2D eigenvalue weighted by molar-refractivity contribution is -0.153. The summed E-state index contributed by atoms with van der Waals surface area (Å²) in [6.07, 6.45) is 7.04. The number of methoxy groups -OCH3 is 3. The molecule has 0 aliphatic heterocycles. The number of esters is 1. The number of halogens is 1. The second-order valence-electron chi connectivity index (χ2n) is 8.61. The lowest BCUT2D eigenvalue weighted by Crippen LogP contribution is -2.33. The normalized spacial score (nSPS) is 20.5. The van der Waals surface area contributed by atoms with Gasteiger partial charge in [0.15, 0.2) is 5.82 Å². The molecule has 1 fully saturated rings. The van der Waals surface area contributed by atoms with Gasteiger partial charge in [0.05, 0.1) is 26.7 Å². The van der Waals surface area contributed by atoms with E-state index in [2.05, 4.69) is 30.6 Å². The van der Waals surface area contributed by atoms with Crippen molar-refractivity contribution in [2.24, 2.45) is 5.41 Å². The maximum Gasteiger partial charge on any atom is 0.311 e. The zero-order chi connectivity index (χ0) is 23.6. The zero-order valence-electron chi connectivity index (χ0n) is 19.4. The fraction of sp³-hybridized carbons (Fsp3) is 0.458. The third-order valence-corrected chi connectivity index (χ3v) is 7.17. The monoisotopic (exact) mass is 516 g/mol. The van der Waals surface area contributed by atoms with Crippen LogP contribution in [0.5, 0.6) is 11.5 Å². The molecule has 1 saturated carbocycles. The molecule has 8 nitrogen and oxygen atoms in total. The van der Waals surface area contributed by atoms with Crippen molar-refractivity contribution in [3.05, 3.63) is 46.6 Å². The molecule has 0 unspecified atom stereocenters. The van der Waals surface area contributed by atoms with Crippen molar-refractivity contribution in [2.75, 3.05) is 26.6 Å². The first kappa shape index (κ1) is 23.4. The van der Waals surface area contributed by atoms with E-state index >= 15 is 0 Å². The molecular formula is C24H29BrN4O4. The maximum atomic E-state index is 12.2. The maximum absolute atomic E-state index is 12.2. The van der Waals surface area contributed by atoms with Gasteiger partial charge in [-0.2, -0.15) is 0 Å². The van der Waals surface area contributed by atoms with Gasteiger partial charge in [-0.1, -0.05) is 0 Å². The summed E-state index contributed by atoms with van der Waals surface area (Å²) in [7, 11) is 4.74. The van der Waals surface area contributed by atoms with Crippen LogP contribution in [0.3, 0.4) is 0 Å². The lowest BCUT2D eigenvalue weighted by atomic mass is 9.71. The number of nitrogens with zero attached hydrogens (tertiary/aromatic N) is 3. The lowest BCUT2D eigenvalue weighted by Gasteiger charge is -2.34. The second-order valence-corrected chi connectivity index (χ2v) is 9.36. The van der Waals surface area contributed by atoms with Gasteiger partial charge in [-0.25, -0.2) is 9.97 Å². The minimum Gasteiger partial charge on any atom is -0.497 e. The molecule has 0 bridgehead atoms. The number of carbonyl (C=O) groups is 1. The number of ether oxygens (including phenoxy) is 3. The largest absolute Gasteiger partial charge is 0.497 e. The third-order valence-electron chi connectivity index (χ3n) is 6.61. The highest BCUT2D eigenvalue weighted by Crippen LogP contribution is 2.44. The van der Waals surface area contributed by atoms with Gasteiger partial charge in [0.2, 0.25) is 0 Å². The van der Waals surface area contributed by atoms with Crippen LogP contribution in [0.25, 0.3) is 5.52 Å². The first-order chi connectivity index (χ1) is 15.9. The van der Waals surface area contributed by atoms with E-state index in [4.69, 9.17) is 19.2 Å². The molecule has 2 heterocycles. The van der Waals surface area contributed by atoms with Crippen molar-refractivity contribution >= 4 is 33.2 Å². The summed E-state index contributed by atoms with van der Waals surface area (Å²) in [4.78, 5) is 21.6. The van der Waals surface area contributed by atoms with Crippen LogP contribution in [0, 0.1) is 5.41 Å². The summed E-state index contributed by atoms with van der Waals surface area (Å²) in [6.45, 7) is 2.53. The van der Waals surface area contributed by atoms with E-state index in [-0.39, 0.29) is 11.9 Å². The zero-order valence-corrected chi connectivity index (χ0v) is 20.9. The number of carbonyl (C=O) groups excluding carboxylic acids is 1. The van der Waals surface area contributed by atoms with Crippen LogP contribution < -0.4 is 14.8 Å². The van der Waals surface area contributed by atoms with Crippen LogP contribution in [0.1, 0.15) is 49.9 Å². The minimum atomic E-state index is -0.415. The molecular weight excluding hydrogens is 488 g/mol. The van der Waals surface area contributed by atoms with Crippen molar-refractivity contribution in [3.63, 3.8) is 0 Å². The first-order valence-electron chi connectivity index (χ1n) is 11.0. The van der Waals surface area contributed by atoms with E-state index < -0.39 is 5.41 Å². The summed E-state index contributed by atoms with van der Waals surface area (Å²) >= 11 is 3.64. The number of nitrogens with one attached hydrogen (secondary N) is 1. The Morgan fingerprint density at radius 3 is 2.67 bits per heavy atom. The topological polar surface area (TPSA) is 87.0 Å². The number of hydrogen-bond donors (Lipinski definition) is 1. The molecule has 4 rings (SSSR count). The molecule has 9 heteroatoms. The molecule has 3 aromatic rings. The Bertz CT molecular complexity index is 1150. The molecule has 0 spiro atoms. The Hall–Kier alpha value is -2.81. The Morgan fingerprint density at radius 2 is 2.00 bits per heavy atom. The van der Waals surface area contributed by atoms with Crippen molar-refractivity contribution in [2.45, 2.75) is 45.1 Å². The third kappa shape index (κ3) is 4.51. The van der Waals surface area contributed by atoms with E-state index in [1.54, 1.807) is 20.4 Å². The molecule has 1 N–H and O–H groups in total. The van der Waals surface area contributed by atoms with Gasteiger partial charge in [0.1, 0.15) is 27.4 Å². The number of rotatable bonds is 7. The second kappa shape index (κ2) is 9.59. The number of benzene rings is 1. The van der Waals surface area contributed by atoms with Gasteiger partial charge in [-0.3, -0.25) is 9.20 Å². The highest BCUT2D eigenvalue weighted by Gasteiger charge is 2.40. The fourth-order valence-electron chi connectivity index (χ4n) is 4.58. The Balaban J connectivity index is 1.56. The molecule has 33 heavy (non-hydrogen) atoms. The minimum absolute atomic E-state index is 0.125. The molecule has 0 saturated heterocycles. The van der Waals surface area contributed by atoms with Gasteiger partial charge in [0, 0.05) is 36.5 Å². The predicted octanol–water partition coefficient (Wildman–Crippen LogP) is 4.96. The molecule has 2 aromatic heterocycles. The van der Waals surface area contributed by atoms with Gasteiger partial charge < -0.3 is 19.5 Å². The van der Waals surface area contributed by atoms with E-state index in [1.165, 1.54) is 7.11 Å². The van der Waals surface area contributed by atoms with Gasteiger partial charge in [-0.15, -0.1) is 0 Å². The van der Waals surface area contributed by atoms with E-state index in [9.17, 15) is 4.79 Å². The predicted molar refractivity (Wildman–Crippen MR) is 129 cm³/mol. The smallest absolute Gasteiger partial charge is 0.311 e. The van der Waals surface area contributed by atoms with E-state index in [0.717, 1.165) is 64.5 Å². The van der Waals surface area contributed by atoms with Crippen LogP contribution in [-0.4, -0.2) is 41.7 Å². The van der Waals surface area contributed by atoms with Gasteiger partial charge in [-0.05, 0) is 60.7 Å². The van der Waals surface area contributed by atoms with Crippen molar-refractivity contribution < 1.29 is 19.0 Å². The standard InChI is InChI=1S/C24H29BrN4O4/c1-24(23(30)33-4)9-7-15(8-10-24)22-28-20(25)19-21(26-11-12-29(19)22)27-14-16-5-6-17(31-2)13-18(16)32-3/h5-6,11-13,15H,7-10,14H2,1-4H3,(H,26,27). The highest BCUT2D eigenvalue weighted by molar-refractivity contribution is 9.10.